The van der Waals surface area contributed by atoms with E-state index in [1.165, 1.54) is 0 Å². The molecule has 1 rings (SSSR count). The number of urea groups is 1. The van der Waals surface area contributed by atoms with Gasteiger partial charge in [-0.3, -0.25) is 4.79 Å². The lowest BCUT2D eigenvalue weighted by Gasteiger charge is -2.12. The van der Waals surface area contributed by atoms with Gasteiger partial charge in [0.1, 0.15) is 5.75 Å². The second kappa shape index (κ2) is 8.36. The summed E-state index contributed by atoms with van der Waals surface area (Å²) in [5.74, 6) is -0.261. The summed E-state index contributed by atoms with van der Waals surface area (Å²) in [5.41, 5.74) is 0.462. The van der Waals surface area contributed by atoms with Crippen LogP contribution >= 0.6 is 11.6 Å². The smallest absolute Gasteiger partial charge is 0.319 e. The molecule has 0 fully saturated rings. The predicted octanol–water partition coefficient (Wildman–Crippen LogP) is 3.11. The third-order valence-electron chi connectivity index (χ3n) is 2.41. The van der Waals surface area contributed by atoms with Crippen molar-refractivity contribution in [2.24, 2.45) is 0 Å². The standard InChI is InChI=1S/C14H19ClN2O4/c1-9(2)21-10-5-6-12(11(15)8-10)17-14(20)16-7-3-4-13(18)19/h5-6,8-9H,3-4,7H2,1-2H3,(H,18,19)(H2,16,17,20). The Morgan fingerprint density at radius 1 is 1.38 bits per heavy atom. The molecule has 7 heteroatoms. The van der Waals surface area contributed by atoms with Crippen LogP contribution in [0.2, 0.25) is 5.02 Å². The fraction of sp³-hybridized carbons (Fsp3) is 0.429. The summed E-state index contributed by atoms with van der Waals surface area (Å²) >= 11 is 6.06. The average molecular weight is 315 g/mol. The van der Waals surface area contributed by atoms with E-state index in [9.17, 15) is 9.59 Å². The van der Waals surface area contributed by atoms with E-state index in [2.05, 4.69) is 10.6 Å². The zero-order valence-electron chi connectivity index (χ0n) is 12.0. The van der Waals surface area contributed by atoms with Crippen LogP contribution in [0.25, 0.3) is 0 Å². The number of ether oxygens (including phenoxy) is 1. The van der Waals surface area contributed by atoms with Crippen molar-refractivity contribution in [3.8, 4) is 5.75 Å². The molecule has 0 radical (unpaired) electrons. The van der Waals surface area contributed by atoms with E-state index in [0.29, 0.717) is 22.9 Å². The second-order valence-electron chi connectivity index (χ2n) is 4.69. The van der Waals surface area contributed by atoms with Crippen molar-refractivity contribution in [2.45, 2.75) is 32.8 Å². The Bertz CT molecular complexity index is 506. The lowest BCUT2D eigenvalue weighted by Crippen LogP contribution is -2.29. The van der Waals surface area contributed by atoms with Crippen molar-refractivity contribution >= 4 is 29.3 Å². The summed E-state index contributed by atoms with van der Waals surface area (Å²) in [6, 6.07) is 4.56. The molecule has 0 saturated carbocycles. The highest BCUT2D eigenvalue weighted by Gasteiger charge is 2.07. The molecule has 0 aliphatic heterocycles. The number of rotatable bonds is 7. The molecule has 0 aliphatic carbocycles. The molecule has 0 aromatic heterocycles. The topological polar surface area (TPSA) is 87.7 Å². The van der Waals surface area contributed by atoms with Gasteiger partial charge in [-0.15, -0.1) is 0 Å². The number of carbonyl (C=O) groups is 2. The first-order valence-corrected chi connectivity index (χ1v) is 6.99. The van der Waals surface area contributed by atoms with E-state index >= 15 is 0 Å². The van der Waals surface area contributed by atoms with Crippen LogP contribution < -0.4 is 15.4 Å². The number of carbonyl (C=O) groups excluding carboxylic acids is 1. The Hall–Kier alpha value is -1.95. The monoisotopic (exact) mass is 314 g/mol. The van der Waals surface area contributed by atoms with Crippen molar-refractivity contribution in [3.05, 3.63) is 23.2 Å². The second-order valence-corrected chi connectivity index (χ2v) is 5.09. The SMILES string of the molecule is CC(C)Oc1ccc(NC(=O)NCCCC(=O)O)c(Cl)c1. The van der Waals surface area contributed by atoms with Crippen molar-refractivity contribution < 1.29 is 19.4 Å². The first-order chi connectivity index (χ1) is 9.88. The first kappa shape index (κ1) is 17.1. The van der Waals surface area contributed by atoms with Gasteiger partial charge in [0.05, 0.1) is 16.8 Å². The summed E-state index contributed by atoms with van der Waals surface area (Å²) in [4.78, 5) is 21.9. The fourth-order valence-corrected chi connectivity index (χ4v) is 1.77. The average Bonchev–Trinajstić information content (AvgIpc) is 2.37. The number of aliphatic carboxylic acids is 1. The highest BCUT2D eigenvalue weighted by atomic mass is 35.5. The molecule has 0 heterocycles. The normalized spacial score (nSPS) is 10.3. The molecule has 0 saturated heterocycles. The van der Waals surface area contributed by atoms with Gasteiger partial charge in [-0.25, -0.2) is 4.79 Å². The minimum Gasteiger partial charge on any atom is -0.491 e. The molecule has 2 amide bonds. The Morgan fingerprint density at radius 3 is 2.67 bits per heavy atom. The number of anilines is 1. The largest absolute Gasteiger partial charge is 0.491 e. The van der Waals surface area contributed by atoms with Crippen LogP contribution in [0.5, 0.6) is 5.75 Å². The molecule has 0 atom stereocenters. The molecule has 0 bridgehead atoms. The van der Waals surface area contributed by atoms with E-state index < -0.39 is 12.0 Å². The quantitative estimate of drug-likeness (QED) is 0.675. The van der Waals surface area contributed by atoms with Gasteiger partial charge in [0.2, 0.25) is 0 Å². The molecule has 0 spiro atoms. The van der Waals surface area contributed by atoms with Gasteiger partial charge in [0.15, 0.2) is 0 Å². The van der Waals surface area contributed by atoms with Crippen LogP contribution in [0, 0.1) is 0 Å². The first-order valence-electron chi connectivity index (χ1n) is 6.61. The van der Waals surface area contributed by atoms with Gasteiger partial charge in [0, 0.05) is 19.0 Å². The summed E-state index contributed by atoms with van der Waals surface area (Å²) in [6.07, 6.45) is 0.428. The highest BCUT2D eigenvalue weighted by Crippen LogP contribution is 2.27. The van der Waals surface area contributed by atoms with Gasteiger partial charge < -0.3 is 20.5 Å². The summed E-state index contributed by atoms with van der Waals surface area (Å²) in [7, 11) is 0. The van der Waals surface area contributed by atoms with E-state index in [0.717, 1.165) is 0 Å². The maximum atomic E-state index is 11.6. The lowest BCUT2D eigenvalue weighted by molar-refractivity contribution is -0.137. The van der Waals surface area contributed by atoms with Gasteiger partial charge >= 0.3 is 12.0 Å². The van der Waals surface area contributed by atoms with Crippen LogP contribution in [-0.2, 0) is 4.79 Å². The number of carboxylic acid groups (broad SMARTS) is 1. The van der Waals surface area contributed by atoms with Crippen molar-refractivity contribution in [2.75, 3.05) is 11.9 Å². The van der Waals surface area contributed by atoms with Gasteiger partial charge in [-0.1, -0.05) is 11.6 Å². The number of halogens is 1. The predicted molar refractivity (Wildman–Crippen MR) is 81.1 cm³/mol. The minimum absolute atomic E-state index is 0.0161. The van der Waals surface area contributed by atoms with Gasteiger partial charge in [-0.2, -0.15) is 0 Å². The number of benzene rings is 1. The number of amides is 2. The van der Waals surface area contributed by atoms with Gasteiger partial charge in [0.25, 0.3) is 0 Å². The van der Waals surface area contributed by atoms with Crippen molar-refractivity contribution in [1.29, 1.82) is 0 Å². The zero-order chi connectivity index (χ0) is 15.8. The molecule has 0 aliphatic rings. The Balaban J connectivity index is 2.47. The van der Waals surface area contributed by atoms with E-state index in [1.54, 1.807) is 18.2 Å². The molecule has 6 nitrogen and oxygen atoms in total. The molecular weight excluding hydrogens is 296 g/mol. The van der Waals surface area contributed by atoms with Crippen LogP contribution in [0.4, 0.5) is 10.5 Å². The van der Waals surface area contributed by atoms with E-state index in [4.69, 9.17) is 21.4 Å². The third-order valence-corrected chi connectivity index (χ3v) is 2.73. The Labute approximate surface area is 128 Å². The molecule has 1 aromatic rings. The van der Waals surface area contributed by atoms with E-state index in [-0.39, 0.29) is 19.1 Å². The molecule has 21 heavy (non-hydrogen) atoms. The van der Waals surface area contributed by atoms with Gasteiger partial charge in [-0.05, 0) is 32.4 Å². The molecule has 3 N–H and O–H groups in total. The summed E-state index contributed by atoms with van der Waals surface area (Å²) < 4.78 is 5.49. The highest BCUT2D eigenvalue weighted by molar-refractivity contribution is 6.33. The molecule has 0 unspecified atom stereocenters. The third kappa shape index (κ3) is 6.85. The minimum atomic E-state index is -0.888. The fourth-order valence-electron chi connectivity index (χ4n) is 1.55. The number of nitrogens with one attached hydrogen (secondary N) is 2. The number of hydrogen-bond donors (Lipinski definition) is 3. The molecular formula is C14H19ClN2O4. The lowest BCUT2D eigenvalue weighted by atomic mass is 10.3. The summed E-state index contributed by atoms with van der Waals surface area (Å²) in [6.45, 7) is 4.10. The number of hydrogen-bond acceptors (Lipinski definition) is 3. The van der Waals surface area contributed by atoms with Crippen molar-refractivity contribution in [1.82, 2.24) is 5.32 Å². The van der Waals surface area contributed by atoms with Crippen LogP contribution in [0.1, 0.15) is 26.7 Å². The van der Waals surface area contributed by atoms with Crippen LogP contribution in [0.15, 0.2) is 18.2 Å². The van der Waals surface area contributed by atoms with Crippen LogP contribution in [0.3, 0.4) is 0 Å². The maximum Gasteiger partial charge on any atom is 0.319 e. The zero-order valence-corrected chi connectivity index (χ0v) is 12.7. The Kier molecular flexibility index (Phi) is 6.81. The number of carboxylic acids is 1. The summed E-state index contributed by atoms with van der Waals surface area (Å²) in [5, 5.41) is 14.0. The van der Waals surface area contributed by atoms with Crippen LogP contribution in [-0.4, -0.2) is 29.8 Å². The Morgan fingerprint density at radius 2 is 2.10 bits per heavy atom. The van der Waals surface area contributed by atoms with Crippen molar-refractivity contribution in [3.63, 3.8) is 0 Å². The van der Waals surface area contributed by atoms with E-state index in [1.807, 2.05) is 13.8 Å². The molecule has 1 aromatic carbocycles. The molecule has 116 valence electrons. The maximum absolute atomic E-state index is 11.6.